The van der Waals surface area contributed by atoms with Crippen LogP contribution in [0.3, 0.4) is 0 Å². The molecule has 1 amide bonds. The zero-order valence-electron chi connectivity index (χ0n) is 12.4. The van der Waals surface area contributed by atoms with Crippen molar-refractivity contribution in [1.29, 1.82) is 0 Å². The summed E-state index contributed by atoms with van der Waals surface area (Å²) in [5, 5.41) is 5.91. The fourth-order valence-electron chi connectivity index (χ4n) is 2.14. The van der Waals surface area contributed by atoms with Gasteiger partial charge in [0.2, 0.25) is 0 Å². The van der Waals surface area contributed by atoms with Gasteiger partial charge in [0, 0.05) is 11.7 Å². The number of anilines is 1. The quantitative estimate of drug-likeness (QED) is 0.900. The van der Waals surface area contributed by atoms with Gasteiger partial charge in [-0.15, -0.1) is 0 Å². The van der Waals surface area contributed by atoms with Crippen molar-refractivity contribution in [2.45, 2.75) is 19.9 Å². The summed E-state index contributed by atoms with van der Waals surface area (Å²) >= 11 is 0. The molecule has 2 aromatic rings. The van der Waals surface area contributed by atoms with Crippen LogP contribution in [0.25, 0.3) is 0 Å². The van der Waals surface area contributed by atoms with Gasteiger partial charge in [-0.2, -0.15) is 0 Å². The van der Waals surface area contributed by atoms with E-state index in [4.69, 9.17) is 0 Å². The van der Waals surface area contributed by atoms with Crippen molar-refractivity contribution in [3.63, 3.8) is 0 Å². The predicted octanol–water partition coefficient (Wildman–Crippen LogP) is 3.67. The maximum absolute atomic E-state index is 13.9. The van der Waals surface area contributed by atoms with Gasteiger partial charge in [-0.1, -0.05) is 24.3 Å². The summed E-state index contributed by atoms with van der Waals surface area (Å²) in [6.07, 6.45) is 0. The van der Waals surface area contributed by atoms with Crippen molar-refractivity contribution in [3.05, 3.63) is 65.0 Å². The highest BCUT2D eigenvalue weighted by atomic mass is 19.1. The monoisotopic (exact) mass is 286 g/mol. The summed E-state index contributed by atoms with van der Waals surface area (Å²) < 4.78 is 13.9. The van der Waals surface area contributed by atoms with Gasteiger partial charge in [0.05, 0.1) is 5.56 Å². The molecule has 0 radical (unpaired) electrons. The van der Waals surface area contributed by atoms with Gasteiger partial charge >= 0.3 is 0 Å². The number of carbonyl (C=O) groups is 1. The number of aryl methyl sites for hydroxylation is 1. The highest BCUT2D eigenvalue weighted by molar-refractivity contribution is 6.04. The average molecular weight is 286 g/mol. The Morgan fingerprint density at radius 3 is 2.57 bits per heavy atom. The molecule has 0 saturated carbocycles. The summed E-state index contributed by atoms with van der Waals surface area (Å²) in [4.78, 5) is 12.2. The third-order valence-electron chi connectivity index (χ3n) is 3.48. The topological polar surface area (TPSA) is 41.1 Å². The van der Waals surface area contributed by atoms with E-state index < -0.39 is 11.7 Å². The maximum atomic E-state index is 13.9. The van der Waals surface area contributed by atoms with Crippen LogP contribution in [0.2, 0.25) is 0 Å². The number of rotatable bonds is 4. The number of carbonyl (C=O) groups excluding carboxylic acids is 1. The van der Waals surface area contributed by atoms with E-state index in [0.29, 0.717) is 5.69 Å². The lowest BCUT2D eigenvalue weighted by molar-refractivity contribution is 0.102. The lowest BCUT2D eigenvalue weighted by Gasteiger charge is -2.16. The van der Waals surface area contributed by atoms with Gasteiger partial charge in [0.25, 0.3) is 5.91 Å². The first-order valence-corrected chi connectivity index (χ1v) is 6.86. The summed E-state index contributed by atoms with van der Waals surface area (Å²) in [6, 6.07) is 12.2. The molecule has 0 aliphatic rings. The minimum absolute atomic E-state index is 0.0486. The molecular weight excluding hydrogens is 267 g/mol. The molecule has 3 nitrogen and oxygen atoms in total. The van der Waals surface area contributed by atoms with Crippen molar-refractivity contribution in [2.75, 3.05) is 12.4 Å². The lowest BCUT2D eigenvalue weighted by Crippen LogP contribution is -2.18. The van der Waals surface area contributed by atoms with Crippen LogP contribution in [-0.2, 0) is 0 Å². The smallest absolute Gasteiger partial charge is 0.258 e. The van der Waals surface area contributed by atoms with E-state index in [1.807, 2.05) is 38.2 Å². The molecule has 0 saturated heterocycles. The number of amides is 1. The summed E-state index contributed by atoms with van der Waals surface area (Å²) in [5.74, 6) is -0.949. The number of benzene rings is 2. The molecule has 21 heavy (non-hydrogen) atoms. The van der Waals surface area contributed by atoms with E-state index in [1.54, 1.807) is 13.0 Å². The van der Waals surface area contributed by atoms with E-state index in [-0.39, 0.29) is 11.6 Å². The molecule has 0 aliphatic carbocycles. The van der Waals surface area contributed by atoms with Gasteiger partial charge < -0.3 is 10.6 Å². The Hall–Kier alpha value is -2.20. The summed E-state index contributed by atoms with van der Waals surface area (Å²) in [7, 11) is 1.85. The first kappa shape index (κ1) is 15.2. The molecule has 0 aromatic heterocycles. The third kappa shape index (κ3) is 3.47. The molecule has 0 fully saturated rings. The summed E-state index contributed by atoms with van der Waals surface area (Å²) in [6.45, 7) is 3.78. The number of hydrogen-bond donors (Lipinski definition) is 2. The number of halogens is 1. The second-order valence-electron chi connectivity index (χ2n) is 5.04. The van der Waals surface area contributed by atoms with Crippen LogP contribution < -0.4 is 10.6 Å². The van der Waals surface area contributed by atoms with Crippen LogP contribution in [0.1, 0.15) is 34.5 Å². The van der Waals surface area contributed by atoms with Crippen molar-refractivity contribution in [3.8, 4) is 0 Å². The van der Waals surface area contributed by atoms with Gasteiger partial charge in [0.1, 0.15) is 5.82 Å². The van der Waals surface area contributed by atoms with Crippen molar-refractivity contribution >= 4 is 11.6 Å². The second kappa shape index (κ2) is 6.50. The Balaban J connectivity index is 2.28. The Morgan fingerprint density at radius 1 is 1.19 bits per heavy atom. The van der Waals surface area contributed by atoms with E-state index >= 15 is 0 Å². The third-order valence-corrected chi connectivity index (χ3v) is 3.48. The predicted molar refractivity (Wildman–Crippen MR) is 83.0 cm³/mol. The van der Waals surface area contributed by atoms with Crippen LogP contribution in [0.4, 0.5) is 10.1 Å². The molecule has 0 bridgehead atoms. The van der Waals surface area contributed by atoms with Crippen molar-refractivity contribution in [1.82, 2.24) is 5.32 Å². The van der Waals surface area contributed by atoms with E-state index in [2.05, 4.69) is 10.6 Å². The Labute approximate surface area is 124 Å². The highest BCUT2D eigenvalue weighted by Crippen LogP contribution is 2.23. The number of para-hydroxylation sites is 1. The summed E-state index contributed by atoms with van der Waals surface area (Å²) in [5.41, 5.74) is 2.48. The standard InChI is InChI=1S/C17H19FN2O/c1-11-8-9-14(15(18)10-11)17(21)20-16-7-5-4-6-13(16)12(2)19-3/h4-10,12,19H,1-3H3,(H,20,21). The van der Waals surface area contributed by atoms with Crippen LogP contribution in [0, 0.1) is 12.7 Å². The van der Waals surface area contributed by atoms with E-state index in [9.17, 15) is 9.18 Å². The van der Waals surface area contributed by atoms with Crippen molar-refractivity contribution in [2.24, 2.45) is 0 Å². The molecular formula is C17H19FN2O. The number of hydrogen-bond acceptors (Lipinski definition) is 2. The van der Waals surface area contributed by atoms with Crippen LogP contribution in [0.15, 0.2) is 42.5 Å². The zero-order chi connectivity index (χ0) is 15.4. The van der Waals surface area contributed by atoms with Gasteiger partial charge in [-0.3, -0.25) is 4.79 Å². The Morgan fingerprint density at radius 2 is 1.90 bits per heavy atom. The normalized spacial score (nSPS) is 12.0. The van der Waals surface area contributed by atoms with Crippen molar-refractivity contribution < 1.29 is 9.18 Å². The molecule has 2 N–H and O–H groups in total. The number of nitrogens with one attached hydrogen (secondary N) is 2. The fourth-order valence-corrected chi connectivity index (χ4v) is 2.14. The molecule has 1 atom stereocenters. The maximum Gasteiger partial charge on any atom is 0.258 e. The molecule has 0 spiro atoms. The first-order chi connectivity index (χ1) is 10.0. The average Bonchev–Trinajstić information content (AvgIpc) is 2.46. The molecule has 0 heterocycles. The molecule has 2 aromatic carbocycles. The van der Waals surface area contributed by atoms with E-state index in [1.165, 1.54) is 12.1 Å². The minimum atomic E-state index is -0.508. The van der Waals surface area contributed by atoms with Gasteiger partial charge in [-0.05, 0) is 50.2 Å². The second-order valence-corrected chi connectivity index (χ2v) is 5.04. The van der Waals surface area contributed by atoms with Crippen LogP contribution >= 0.6 is 0 Å². The Kier molecular flexibility index (Phi) is 4.70. The van der Waals surface area contributed by atoms with Gasteiger partial charge in [0.15, 0.2) is 0 Å². The molecule has 110 valence electrons. The Bertz CT molecular complexity index is 655. The molecule has 4 heteroatoms. The van der Waals surface area contributed by atoms with Gasteiger partial charge in [-0.25, -0.2) is 4.39 Å². The highest BCUT2D eigenvalue weighted by Gasteiger charge is 2.15. The molecule has 2 rings (SSSR count). The minimum Gasteiger partial charge on any atom is -0.322 e. The molecule has 1 unspecified atom stereocenters. The molecule has 0 aliphatic heterocycles. The van der Waals surface area contributed by atoms with Crippen LogP contribution in [-0.4, -0.2) is 13.0 Å². The zero-order valence-corrected chi connectivity index (χ0v) is 12.4. The van der Waals surface area contributed by atoms with E-state index in [0.717, 1.165) is 11.1 Å². The van der Waals surface area contributed by atoms with Crippen LogP contribution in [0.5, 0.6) is 0 Å². The SMILES string of the molecule is CNC(C)c1ccccc1NC(=O)c1ccc(C)cc1F. The lowest BCUT2D eigenvalue weighted by atomic mass is 10.1. The first-order valence-electron chi connectivity index (χ1n) is 6.86. The largest absolute Gasteiger partial charge is 0.322 e. The fraction of sp³-hybridized carbons (Fsp3) is 0.235.